The minimum atomic E-state index is -0.184. The number of amidine groups is 1. The average molecular weight is 445 g/mol. The van der Waals surface area contributed by atoms with Gasteiger partial charge < -0.3 is 14.8 Å². The molecule has 0 spiro atoms. The summed E-state index contributed by atoms with van der Waals surface area (Å²) in [4.78, 5) is 17.8. The maximum atomic E-state index is 12.6. The number of thioether (sulfide) groups is 1. The van der Waals surface area contributed by atoms with Crippen LogP contribution in [0.5, 0.6) is 11.5 Å². The number of benzene rings is 3. The van der Waals surface area contributed by atoms with E-state index in [-0.39, 0.29) is 5.91 Å². The summed E-state index contributed by atoms with van der Waals surface area (Å²) in [5.41, 5.74) is 4.84. The number of ether oxygens (including phenoxy) is 2. The van der Waals surface area contributed by atoms with Crippen LogP contribution in [0.15, 0.2) is 76.6 Å². The lowest BCUT2D eigenvalue weighted by Crippen LogP contribution is -2.19. The van der Waals surface area contributed by atoms with E-state index < -0.39 is 0 Å². The summed E-state index contributed by atoms with van der Waals surface area (Å²) >= 11 is 1.31. The summed E-state index contributed by atoms with van der Waals surface area (Å²) < 4.78 is 11.6. The number of aliphatic imine (C=N–C) groups is 1. The van der Waals surface area contributed by atoms with Gasteiger partial charge in [0, 0.05) is 5.56 Å². The highest BCUT2D eigenvalue weighted by molar-refractivity contribution is 8.18. The second-order valence-electron chi connectivity index (χ2n) is 7.42. The molecule has 0 unspecified atom stereocenters. The fourth-order valence-corrected chi connectivity index (χ4v) is 4.09. The van der Waals surface area contributed by atoms with E-state index in [1.165, 1.54) is 11.8 Å². The lowest BCUT2D eigenvalue weighted by atomic mass is 10.1. The van der Waals surface area contributed by atoms with E-state index in [0.29, 0.717) is 28.2 Å². The molecule has 4 rings (SSSR count). The van der Waals surface area contributed by atoms with Crippen LogP contribution in [0.4, 0.5) is 5.69 Å². The largest absolute Gasteiger partial charge is 0.493 e. The van der Waals surface area contributed by atoms with Gasteiger partial charge in [-0.05, 0) is 60.5 Å². The second kappa shape index (κ2) is 9.75. The lowest BCUT2D eigenvalue weighted by molar-refractivity contribution is -0.115. The molecular formula is C26H24N2O3S. The summed E-state index contributed by atoms with van der Waals surface area (Å²) in [6.45, 7) is 4.42. The molecular weight excluding hydrogens is 420 g/mol. The highest BCUT2D eigenvalue weighted by Gasteiger charge is 2.25. The Balaban J connectivity index is 1.61. The zero-order valence-electron chi connectivity index (χ0n) is 18.2. The topological polar surface area (TPSA) is 59.9 Å². The molecule has 1 saturated heterocycles. The number of nitrogens with zero attached hydrogens (tertiary/aromatic N) is 1. The summed E-state index contributed by atoms with van der Waals surface area (Å²) in [6.07, 6.45) is 1.81. The van der Waals surface area contributed by atoms with Crippen molar-refractivity contribution in [3.63, 3.8) is 0 Å². The van der Waals surface area contributed by atoms with Gasteiger partial charge in [0.25, 0.3) is 5.91 Å². The Morgan fingerprint density at radius 2 is 1.84 bits per heavy atom. The van der Waals surface area contributed by atoms with Crippen molar-refractivity contribution in [1.82, 2.24) is 5.32 Å². The minimum absolute atomic E-state index is 0.184. The lowest BCUT2D eigenvalue weighted by Gasteiger charge is -2.13. The van der Waals surface area contributed by atoms with Gasteiger partial charge in [-0.3, -0.25) is 4.79 Å². The Kier molecular flexibility index (Phi) is 6.61. The summed E-state index contributed by atoms with van der Waals surface area (Å²) in [7, 11) is 1.60. The van der Waals surface area contributed by atoms with Crippen LogP contribution in [-0.4, -0.2) is 18.2 Å². The molecule has 3 aromatic carbocycles. The Morgan fingerprint density at radius 3 is 2.62 bits per heavy atom. The van der Waals surface area contributed by atoms with Crippen LogP contribution in [-0.2, 0) is 11.4 Å². The van der Waals surface area contributed by atoms with E-state index in [1.807, 2.05) is 86.7 Å². The molecule has 3 aromatic rings. The highest BCUT2D eigenvalue weighted by Crippen LogP contribution is 2.36. The molecule has 1 amide bonds. The molecule has 162 valence electrons. The molecule has 1 N–H and O–H groups in total. The number of carbonyl (C=O) groups is 1. The van der Waals surface area contributed by atoms with E-state index in [0.717, 1.165) is 27.9 Å². The first-order valence-corrected chi connectivity index (χ1v) is 11.1. The monoisotopic (exact) mass is 444 g/mol. The molecule has 1 fully saturated rings. The van der Waals surface area contributed by atoms with Gasteiger partial charge in [0.15, 0.2) is 16.7 Å². The third-order valence-electron chi connectivity index (χ3n) is 4.98. The third-order valence-corrected chi connectivity index (χ3v) is 5.89. The Morgan fingerprint density at radius 1 is 1.03 bits per heavy atom. The molecule has 5 nitrogen and oxygen atoms in total. The van der Waals surface area contributed by atoms with Gasteiger partial charge in [0.2, 0.25) is 0 Å². The minimum Gasteiger partial charge on any atom is -0.493 e. The van der Waals surface area contributed by atoms with Crippen LogP contribution in [0.2, 0.25) is 0 Å². The standard InChI is InChI=1S/C26H24N2O3S/c1-17-12-13-18(2)21(14-17)27-26-28-25(29)23(32-26)15-20-10-7-11-22(30-3)24(20)31-16-19-8-5-4-6-9-19/h4-15H,16H2,1-3H3,(H,27,28,29)/b23-15+. The Bertz CT molecular complexity index is 1200. The van der Waals surface area contributed by atoms with Crippen LogP contribution in [0.3, 0.4) is 0 Å². The summed E-state index contributed by atoms with van der Waals surface area (Å²) in [5, 5.41) is 3.42. The first kappa shape index (κ1) is 21.7. The van der Waals surface area contributed by atoms with E-state index in [1.54, 1.807) is 7.11 Å². The number of hydrogen-bond donors (Lipinski definition) is 1. The molecule has 1 aliphatic rings. The van der Waals surface area contributed by atoms with Gasteiger partial charge >= 0.3 is 0 Å². The number of hydrogen-bond acceptors (Lipinski definition) is 5. The zero-order valence-corrected chi connectivity index (χ0v) is 19.0. The van der Waals surface area contributed by atoms with Crippen LogP contribution >= 0.6 is 11.8 Å². The molecule has 0 bridgehead atoms. The van der Waals surface area contributed by atoms with Gasteiger partial charge in [-0.15, -0.1) is 0 Å². The van der Waals surface area contributed by atoms with Gasteiger partial charge in [-0.1, -0.05) is 54.6 Å². The molecule has 0 atom stereocenters. The van der Waals surface area contributed by atoms with Gasteiger partial charge in [-0.25, -0.2) is 4.99 Å². The van der Waals surface area contributed by atoms with E-state index in [9.17, 15) is 4.79 Å². The van der Waals surface area contributed by atoms with Crippen molar-refractivity contribution in [2.24, 2.45) is 4.99 Å². The second-order valence-corrected chi connectivity index (χ2v) is 8.46. The van der Waals surface area contributed by atoms with Crippen molar-refractivity contribution in [2.45, 2.75) is 20.5 Å². The molecule has 1 heterocycles. The molecule has 0 aromatic heterocycles. The predicted molar refractivity (Wildman–Crippen MR) is 130 cm³/mol. The number of amides is 1. The first-order valence-electron chi connectivity index (χ1n) is 10.2. The molecule has 0 aliphatic carbocycles. The van der Waals surface area contributed by atoms with Crippen molar-refractivity contribution in [3.05, 3.63) is 93.9 Å². The predicted octanol–water partition coefficient (Wildman–Crippen LogP) is 5.78. The fraction of sp³-hybridized carbons (Fsp3) is 0.154. The van der Waals surface area contributed by atoms with E-state index >= 15 is 0 Å². The van der Waals surface area contributed by atoms with Crippen molar-refractivity contribution in [1.29, 1.82) is 0 Å². The maximum absolute atomic E-state index is 12.6. The number of aryl methyl sites for hydroxylation is 2. The van der Waals surface area contributed by atoms with Gasteiger partial charge in [0.1, 0.15) is 6.61 Å². The number of para-hydroxylation sites is 1. The number of methoxy groups -OCH3 is 1. The number of nitrogens with one attached hydrogen (secondary N) is 1. The van der Waals surface area contributed by atoms with Gasteiger partial charge in [-0.2, -0.15) is 0 Å². The van der Waals surface area contributed by atoms with Crippen molar-refractivity contribution >= 4 is 34.6 Å². The van der Waals surface area contributed by atoms with Crippen molar-refractivity contribution in [3.8, 4) is 11.5 Å². The summed E-state index contributed by atoms with van der Waals surface area (Å²) in [6, 6.07) is 21.6. The molecule has 0 saturated carbocycles. The SMILES string of the molecule is COc1cccc(/C=C2/SC(=Nc3cc(C)ccc3C)NC2=O)c1OCc1ccccc1. The van der Waals surface area contributed by atoms with Crippen molar-refractivity contribution < 1.29 is 14.3 Å². The Labute approximate surface area is 192 Å². The summed E-state index contributed by atoms with van der Waals surface area (Å²) in [5.74, 6) is 1.03. The number of rotatable bonds is 6. The van der Waals surface area contributed by atoms with Crippen molar-refractivity contribution in [2.75, 3.05) is 7.11 Å². The van der Waals surface area contributed by atoms with Crippen LogP contribution < -0.4 is 14.8 Å². The maximum Gasteiger partial charge on any atom is 0.264 e. The normalized spacial score (nSPS) is 15.8. The molecule has 0 radical (unpaired) electrons. The number of carbonyl (C=O) groups excluding carboxylic acids is 1. The van der Waals surface area contributed by atoms with E-state index in [2.05, 4.69) is 10.3 Å². The zero-order chi connectivity index (χ0) is 22.5. The third kappa shape index (κ3) is 5.03. The van der Waals surface area contributed by atoms with Crippen LogP contribution in [0.1, 0.15) is 22.3 Å². The van der Waals surface area contributed by atoms with Gasteiger partial charge in [0.05, 0.1) is 17.7 Å². The smallest absolute Gasteiger partial charge is 0.264 e. The first-order chi connectivity index (χ1) is 15.5. The fourth-order valence-electron chi connectivity index (χ4n) is 3.26. The quantitative estimate of drug-likeness (QED) is 0.490. The van der Waals surface area contributed by atoms with E-state index in [4.69, 9.17) is 9.47 Å². The Hall–Kier alpha value is -3.51. The van der Waals surface area contributed by atoms with Crippen LogP contribution in [0.25, 0.3) is 6.08 Å². The highest BCUT2D eigenvalue weighted by atomic mass is 32.2. The average Bonchev–Trinajstić information content (AvgIpc) is 3.14. The molecule has 32 heavy (non-hydrogen) atoms. The molecule has 6 heteroatoms. The van der Waals surface area contributed by atoms with Crippen LogP contribution in [0, 0.1) is 13.8 Å². The molecule has 1 aliphatic heterocycles.